The monoisotopic (exact) mass is 377 g/mol. The third kappa shape index (κ3) is 3.88. The lowest BCUT2D eigenvalue weighted by atomic mass is 9.90. The van der Waals surface area contributed by atoms with Crippen molar-refractivity contribution in [3.63, 3.8) is 0 Å². The fourth-order valence-electron chi connectivity index (χ4n) is 3.89. The van der Waals surface area contributed by atoms with Crippen molar-refractivity contribution in [2.75, 3.05) is 25.1 Å². The van der Waals surface area contributed by atoms with Crippen molar-refractivity contribution in [1.82, 2.24) is 4.90 Å². The zero-order chi connectivity index (χ0) is 19.7. The van der Waals surface area contributed by atoms with Gasteiger partial charge in [0.1, 0.15) is 12.3 Å². The molecule has 1 N–H and O–H groups in total. The van der Waals surface area contributed by atoms with Gasteiger partial charge in [0.05, 0.1) is 0 Å². The summed E-state index contributed by atoms with van der Waals surface area (Å²) in [5.41, 5.74) is 5.41. The Labute approximate surface area is 166 Å². The van der Waals surface area contributed by atoms with E-state index in [1.54, 1.807) is 0 Å². The van der Waals surface area contributed by atoms with Crippen LogP contribution in [0.1, 0.15) is 44.2 Å². The molecule has 1 atom stereocenters. The molecule has 2 aliphatic heterocycles. The zero-order valence-electron chi connectivity index (χ0n) is 16.7. The summed E-state index contributed by atoms with van der Waals surface area (Å²) in [5, 5.41) is 3.44. The number of nitrogens with one attached hydrogen (secondary N) is 1. The van der Waals surface area contributed by atoms with Crippen LogP contribution in [-0.2, 0) is 4.74 Å². The summed E-state index contributed by atoms with van der Waals surface area (Å²) in [4.78, 5) is 18.7. The van der Waals surface area contributed by atoms with E-state index in [-0.39, 0.29) is 12.0 Å². The van der Waals surface area contributed by atoms with Crippen molar-refractivity contribution in [2.45, 2.75) is 38.7 Å². The minimum atomic E-state index is -0.473. The van der Waals surface area contributed by atoms with Gasteiger partial charge in [0, 0.05) is 36.5 Å². The number of likely N-dealkylation sites (tertiary alicyclic amines) is 1. The molecule has 2 aliphatic rings. The topological polar surface area (TPSA) is 53.9 Å². The maximum absolute atomic E-state index is 12.5. The number of hydrogen-bond donors (Lipinski definition) is 1. The van der Waals surface area contributed by atoms with Crippen molar-refractivity contribution in [1.29, 1.82) is 0 Å². The van der Waals surface area contributed by atoms with Crippen LogP contribution in [0.2, 0.25) is 0 Å². The SMILES string of the molecule is CC(C)(C)OC(=O)N1CCC(c2cc(-c3ccccc3)cc3c2NCN=C3)C1. The fourth-order valence-corrected chi connectivity index (χ4v) is 3.89. The Kier molecular flexibility index (Phi) is 4.84. The van der Waals surface area contributed by atoms with Crippen LogP contribution in [0.5, 0.6) is 0 Å². The van der Waals surface area contributed by atoms with Crippen LogP contribution in [0.15, 0.2) is 47.5 Å². The number of fused-ring (bicyclic) bond motifs is 1. The average Bonchev–Trinajstić information content (AvgIpc) is 3.17. The van der Waals surface area contributed by atoms with Gasteiger partial charge < -0.3 is 15.0 Å². The van der Waals surface area contributed by atoms with E-state index in [1.807, 2.05) is 38.0 Å². The number of anilines is 1. The number of nitrogens with zero attached hydrogens (tertiary/aromatic N) is 2. The molecule has 0 bridgehead atoms. The second-order valence-corrected chi connectivity index (χ2v) is 8.45. The molecule has 2 aromatic rings. The maximum Gasteiger partial charge on any atom is 0.410 e. The van der Waals surface area contributed by atoms with E-state index < -0.39 is 5.60 Å². The Balaban J connectivity index is 1.64. The summed E-state index contributed by atoms with van der Waals surface area (Å²) in [5.74, 6) is 0.281. The average molecular weight is 377 g/mol. The first-order chi connectivity index (χ1) is 13.4. The molecule has 1 amide bonds. The number of rotatable bonds is 2. The van der Waals surface area contributed by atoms with Crippen LogP contribution in [0, 0.1) is 0 Å². The summed E-state index contributed by atoms with van der Waals surface area (Å²) >= 11 is 0. The number of hydrogen-bond acceptors (Lipinski definition) is 4. The van der Waals surface area contributed by atoms with Gasteiger partial charge in [-0.3, -0.25) is 4.99 Å². The summed E-state index contributed by atoms with van der Waals surface area (Å²) in [7, 11) is 0. The zero-order valence-corrected chi connectivity index (χ0v) is 16.7. The van der Waals surface area contributed by atoms with Gasteiger partial charge in [-0.1, -0.05) is 30.3 Å². The standard InChI is InChI=1S/C23H27N3O2/c1-23(2,3)28-22(27)26-10-9-17(14-26)20-12-18(16-7-5-4-6-8-16)11-19-13-24-15-25-21(19)20/h4-8,11-13,17,25H,9-10,14-15H2,1-3H3. The molecular weight excluding hydrogens is 350 g/mol. The highest BCUT2D eigenvalue weighted by Crippen LogP contribution is 2.38. The van der Waals surface area contributed by atoms with Gasteiger partial charge in [0.2, 0.25) is 0 Å². The molecule has 28 heavy (non-hydrogen) atoms. The number of benzene rings is 2. The van der Waals surface area contributed by atoms with Crippen LogP contribution in [0.3, 0.4) is 0 Å². The van der Waals surface area contributed by atoms with Gasteiger partial charge in [-0.05, 0) is 56.0 Å². The first-order valence-electron chi connectivity index (χ1n) is 9.86. The van der Waals surface area contributed by atoms with Crippen LogP contribution < -0.4 is 5.32 Å². The Bertz CT molecular complexity index is 900. The molecule has 146 valence electrons. The van der Waals surface area contributed by atoms with E-state index >= 15 is 0 Å². The highest BCUT2D eigenvalue weighted by atomic mass is 16.6. The summed E-state index contributed by atoms with van der Waals surface area (Å²) in [6.07, 6.45) is 2.66. The molecule has 2 heterocycles. The van der Waals surface area contributed by atoms with Gasteiger partial charge >= 0.3 is 6.09 Å². The van der Waals surface area contributed by atoms with Crippen LogP contribution in [0.4, 0.5) is 10.5 Å². The number of ether oxygens (including phenoxy) is 1. The summed E-state index contributed by atoms with van der Waals surface area (Å²) in [6.45, 7) is 7.70. The quantitative estimate of drug-likeness (QED) is 0.811. The Morgan fingerprint density at radius 2 is 1.96 bits per heavy atom. The van der Waals surface area contributed by atoms with Crippen LogP contribution >= 0.6 is 0 Å². The number of carbonyl (C=O) groups is 1. The molecule has 5 nitrogen and oxygen atoms in total. The van der Waals surface area contributed by atoms with Gasteiger partial charge in [0.15, 0.2) is 0 Å². The van der Waals surface area contributed by atoms with Crippen molar-refractivity contribution >= 4 is 18.0 Å². The summed E-state index contributed by atoms with van der Waals surface area (Å²) in [6, 6.07) is 14.8. The molecule has 0 saturated carbocycles. The molecule has 1 saturated heterocycles. The predicted molar refractivity (Wildman–Crippen MR) is 113 cm³/mol. The van der Waals surface area contributed by atoms with E-state index in [0.29, 0.717) is 13.2 Å². The molecule has 4 rings (SSSR count). The van der Waals surface area contributed by atoms with Crippen LogP contribution in [-0.4, -0.2) is 42.6 Å². The maximum atomic E-state index is 12.5. The van der Waals surface area contributed by atoms with E-state index in [9.17, 15) is 4.79 Å². The highest BCUT2D eigenvalue weighted by molar-refractivity contribution is 5.93. The lowest BCUT2D eigenvalue weighted by Crippen LogP contribution is -2.35. The third-order valence-corrected chi connectivity index (χ3v) is 5.16. The Morgan fingerprint density at radius 3 is 2.71 bits per heavy atom. The minimum absolute atomic E-state index is 0.224. The molecule has 1 fully saturated rings. The largest absolute Gasteiger partial charge is 0.444 e. The van der Waals surface area contributed by atoms with E-state index in [0.717, 1.165) is 24.2 Å². The highest BCUT2D eigenvalue weighted by Gasteiger charge is 2.32. The molecule has 0 spiro atoms. The minimum Gasteiger partial charge on any atom is -0.444 e. The van der Waals surface area contributed by atoms with Crippen molar-refractivity contribution in [2.24, 2.45) is 4.99 Å². The first-order valence-corrected chi connectivity index (χ1v) is 9.86. The molecule has 0 aliphatic carbocycles. The molecule has 0 aromatic heterocycles. The van der Waals surface area contributed by atoms with E-state index in [4.69, 9.17) is 4.74 Å². The van der Waals surface area contributed by atoms with Crippen molar-refractivity contribution < 1.29 is 9.53 Å². The van der Waals surface area contributed by atoms with Crippen molar-refractivity contribution in [3.05, 3.63) is 53.6 Å². The lowest BCUT2D eigenvalue weighted by molar-refractivity contribution is 0.0292. The van der Waals surface area contributed by atoms with Gasteiger partial charge in [-0.25, -0.2) is 4.79 Å². The smallest absolute Gasteiger partial charge is 0.410 e. The van der Waals surface area contributed by atoms with E-state index in [2.05, 4.69) is 46.7 Å². The summed E-state index contributed by atoms with van der Waals surface area (Å²) < 4.78 is 5.56. The Hall–Kier alpha value is -2.82. The normalized spacial score (nSPS) is 18.5. The molecular formula is C23H27N3O2. The first kappa shape index (κ1) is 18.5. The third-order valence-electron chi connectivity index (χ3n) is 5.16. The lowest BCUT2D eigenvalue weighted by Gasteiger charge is -2.25. The van der Waals surface area contributed by atoms with Gasteiger partial charge in [0.25, 0.3) is 0 Å². The second-order valence-electron chi connectivity index (χ2n) is 8.45. The molecule has 2 aromatic carbocycles. The van der Waals surface area contributed by atoms with E-state index in [1.165, 1.54) is 16.7 Å². The van der Waals surface area contributed by atoms with Gasteiger partial charge in [-0.15, -0.1) is 0 Å². The Morgan fingerprint density at radius 1 is 1.18 bits per heavy atom. The molecule has 1 unspecified atom stereocenters. The number of aliphatic imine (C=N–C) groups is 1. The predicted octanol–water partition coefficient (Wildman–Crippen LogP) is 4.88. The fraction of sp³-hybridized carbons (Fsp3) is 0.391. The van der Waals surface area contributed by atoms with Gasteiger partial charge in [-0.2, -0.15) is 0 Å². The number of carbonyl (C=O) groups excluding carboxylic acids is 1. The van der Waals surface area contributed by atoms with Crippen LogP contribution in [0.25, 0.3) is 11.1 Å². The van der Waals surface area contributed by atoms with Crippen molar-refractivity contribution in [3.8, 4) is 11.1 Å². The second kappa shape index (κ2) is 7.30. The molecule has 5 heteroatoms. The molecule has 0 radical (unpaired) electrons. The number of amides is 1.